The fourth-order valence-electron chi connectivity index (χ4n) is 2.64. The maximum absolute atomic E-state index is 12.7. The van der Waals surface area contributed by atoms with Crippen molar-refractivity contribution >= 4 is 40.7 Å². The molecule has 134 valence electrons. The van der Waals surface area contributed by atoms with Crippen molar-refractivity contribution in [2.45, 2.75) is 32.1 Å². The molecule has 26 heavy (non-hydrogen) atoms. The number of aryl methyl sites for hydroxylation is 1. The van der Waals surface area contributed by atoms with Crippen molar-refractivity contribution in [2.75, 3.05) is 0 Å². The molecule has 1 fully saturated rings. The van der Waals surface area contributed by atoms with Crippen LogP contribution in [-0.4, -0.2) is 27.4 Å². The third kappa shape index (κ3) is 4.34. The summed E-state index contributed by atoms with van der Waals surface area (Å²) in [6.07, 6.45) is 2.44. The monoisotopic (exact) mass is 385 g/mol. The molecule has 0 N–H and O–H groups in total. The van der Waals surface area contributed by atoms with Gasteiger partial charge in [-0.25, -0.2) is 0 Å². The summed E-state index contributed by atoms with van der Waals surface area (Å²) in [5, 5.41) is 9.73. The minimum Gasteiger partial charge on any atom is -0.284 e. The lowest BCUT2D eigenvalue weighted by Gasteiger charge is -2.17. The number of hydrogen-bond donors (Lipinski definition) is 0. The summed E-state index contributed by atoms with van der Waals surface area (Å²) >= 11 is 7.37. The average molecular weight is 386 g/mol. The highest BCUT2D eigenvalue weighted by Crippen LogP contribution is 2.31. The number of carbonyl (C=O) groups is 1. The Balaban J connectivity index is 1.81. The van der Waals surface area contributed by atoms with Crippen molar-refractivity contribution in [3.63, 3.8) is 0 Å². The van der Waals surface area contributed by atoms with Crippen LogP contribution in [0.2, 0.25) is 5.02 Å². The van der Waals surface area contributed by atoms with Crippen LogP contribution in [0.3, 0.4) is 0 Å². The van der Waals surface area contributed by atoms with Crippen LogP contribution >= 0.6 is 23.4 Å². The van der Waals surface area contributed by atoms with Crippen molar-refractivity contribution in [1.82, 2.24) is 4.90 Å². The molecule has 4 nitrogen and oxygen atoms in total. The minimum absolute atomic E-state index is 0.0940. The van der Waals surface area contributed by atoms with E-state index in [1.54, 1.807) is 11.1 Å². The second-order valence-corrected chi connectivity index (χ2v) is 7.65. The van der Waals surface area contributed by atoms with E-state index in [0.29, 0.717) is 16.7 Å². The van der Waals surface area contributed by atoms with Gasteiger partial charge in [0.2, 0.25) is 5.91 Å². The molecule has 0 unspecified atom stereocenters. The average Bonchev–Trinajstić information content (AvgIpc) is 2.94. The zero-order valence-electron chi connectivity index (χ0n) is 14.7. The van der Waals surface area contributed by atoms with Gasteiger partial charge in [0.25, 0.3) is 0 Å². The largest absolute Gasteiger partial charge is 0.284 e. The highest BCUT2D eigenvalue weighted by atomic mass is 35.5. The van der Waals surface area contributed by atoms with Crippen LogP contribution in [0.15, 0.2) is 58.7 Å². The number of hydrogen-bond acceptors (Lipinski definition) is 4. The Hall–Kier alpha value is -2.11. The Morgan fingerprint density at radius 2 is 1.92 bits per heavy atom. The predicted molar refractivity (Wildman–Crippen MR) is 110 cm³/mol. The minimum atomic E-state index is -0.0940. The molecule has 3 rings (SSSR count). The van der Waals surface area contributed by atoms with Crippen LogP contribution in [0.25, 0.3) is 0 Å². The third-order valence-electron chi connectivity index (χ3n) is 4.20. The van der Waals surface area contributed by atoms with E-state index in [0.717, 1.165) is 23.1 Å². The second kappa shape index (κ2) is 8.52. The lowest BCUT2D eigenvalue weighted by atomic mass is 10.1. The van der Waals surface area contributed by atoms with Crippen molar-refractivity contribution in [3.05, 3.63) is 70.2 Å². The first-order valence-electron chi connectivity index (χ1n) is 8.47. The Kier molecular flexibility index (Phi) is 6.12. The van der Waals surface area contributed by atoms with Gasteiger partial charge in [0.05, 0.1) is 18.0 Å². The number of nitrogens with zero attached hydrogens (tertiary/aromatic N) is 3. The lowest BCUT2D eigenvalue weighted by molar-refractivity contribution is -0.126. The second-order valence-electron chi connectivity index (χ2n) is 6.04. The van der Waals surface area contributed by atoms with Crippen molar-refractivity contribution in [3.8, 4) is 0 Å². The quantitative estimate of drug-likeness (QED) is 0.543. The molecule has 6 heteroatoms. The van der Waals surface area contributed by atoms with E-state index in [1.807, 2.05) is 49.4 Å². The fourth-order valence-corrected chi connectivity index (χ4v) is 3.79. The first kappa shape index (κ1) is 18.7. The number of rotatable bonds is 5. The molecular weight excluding hydrogens is 366 g/mol. The Morgan fingerprint density at radius 3 is 2.62 bits per heavy atom. The number of carbonyl (C=O) groups excluding carboxylic acids is 1. The van der Waals surface area contributed by atoms with E-state index < -0.39 is 0 Å². The van der Waals surface area contributed by atoms with Crippen LogP contribution in [0.1, 0.15) is 30.0 Å². The van der Waals surface area contributed by atoms with Crippen LogP contribution < -0.4 is 0 Å². The highest BCUT2D eigenvalue weighted by molar-refractivity contribution is 8.15. The number of amides is 1. The maximum atomic E-state index is 12.7. The van der Waals surface area contributed by atoms with Crippen LogP contribution in [0.4, 0.5) is 0 Å². The van der Waals surface area contributed by atoms with Gasteiger partial charge in [-0.1, -0.05) is 66.7 Å². The molecule has 0 aromatic heterocycles. The molecular formula is C20H20ClN3OS. The summed E-state index contributed by atoms with van der Waals surface area (Å²) in [5.41, 5.74) is 3.19. The topological polar surface area (TPSA) is 45.0 Å². The molecule has 1 saturated heterocycles. The van der Waals surface area contributed by atoms with E-state index in [9.17, 15) is 4.79 Å². The predicted octanol–water partition coefficient (Wildman–Crippen LogP) is 4.89. The van der Waals surface area contributed by atoms with E-state index >= 15 is 0 Å². The molecule has 1 atom stereocenters. The smallest absolute Gasteiger partial charge is 0.242 e. The number of benzene rings is 2. The van der Waals surface area contributed by atoms with Gasteiger partial charge in [0, 0.05) is 5.02 Å². The Bertz CT molecular complexity index is 848. The van der Waals surface area contributed by atoms with Gasteiger partial charge in [-0.15, -0.1) is 5.10 Å². The van der Waals surface area contributed by atoms with Gasteiger partial charge < -0.3 is 0 Å². The van der Waals surface area contributed by atoms with E-state index in [1.165, 1.54) is 11.8 Å². The van der Waals surface area contributed by atoms with Crippen LogP contribution in [0.5, 0.6) is 0 Å². The molecule has 0 spiro atoms. The van der Waals surface area contributed by atoms with Crippen molar-refractivity contribution in [1.29, 1.82) is 0 Å². The first-order chi connectivity index (χ1) is 12.6. The first-order valence-corrected chi connectivity index (χ1v) is 9.73. The summed E-state index contributed by atoms with van der Waals surface area (Å²) in [6, 6.07) is 15.4. The van der Waals surface area contributed by atoms with Gasteiger partial charge in [-0.2, -0.15) is 5.10 Å². The third-order valence-corrected chi connectivity index (χ3v) is 5.78. The summed E-state index contributed by atoms with van der Waals surface area (Å²) in [5.74, 6) is 0.0983. The SMILES string of the molecule is CC[C@H]1S/C(=N/N=C\c2ccc(Cl)cc2)N(Cc2ccccc2C)C1=O. The molecule has 0 radical (unpaired) electrons. The van der Waals surface area contributed by atoms with Gasteiger partial charge in [0.15, 0.2) is 5.17 Å². The van der Waals surface area contributed by atoms with Crippen molar-refractivity contribution in [2.24, 2.45) is 10.2 Å². The van der Waals surface area contributed by atoms with Crippen LogP contribution in [-0.2, 0) is 11.3 Å². The molecule has 0 saturated carbocycles. The molecule has 1 aliphatic heterocycles. The molecule has 1 aliphatic rings. The van der Waals surface area contributed by atoms with E-state index in [-0.39, 0.29) is 11.2 Å². The number of amidine groups is 1. The molecule has 1 amide bonds. The van der Waals surface area contributed by atoms with Gasteiger partial charge in [0.1, 0.15) is 0 Å². The molecule has 0 bridgehead atoms. The van der Waals surface area contributed by atoms with Crippen LogP contribution in [0, 0.1) is 6.92 Å². The maximum Gasteiger partial charge on any atom is 0.242 e. The normalized spacial score (nSPS) is 19.0. The highest BCUT2D eigenvalue weighted by Gasteiger charge is 2.37. The van der Waals surface area contributed by atoms with Crippen molar-refractivity contribution < 1.29 is 4.79 Å². The Morgan fingerprint density at radius 1 is 1.19 bits per heavy atom. The van der Waals surface area contributed by atoms with Gasteiger partial charge in [-0.05, 0) is 42.2 Å². The summed E-state index contributed by atoms with van der Waals surface area (Å²) in [6.45, 7) is 4.58. The number of thioether (sulfide) groups is 1. The fraction of sp³-hybridized carbons (Fsp3) is 0.250. The van der Waals surface area contributed by atoms with Gasteiger partial charge in [-0.3, -0.25) is 9.69 Å². The Labute approximate surface area is 163 Å². The molecule has 2 aromatic carbocycles. The number of halogens is 1. The lowest BCUT2D eigenvalue weighted by Crippen LogP contribution is -2.31. The summed E-state index contributed by atoms with van der Waals surface area (Å²) < 4.78 is 0. The zero-order valence-corrected chi connectivity index (χ0v) is 16.3. The molecule has 0 aliphatic carbocycles. The summed E-state index contributed by atoms with van der Waals surface area (Å²) in [4.78, 5) is 14.4. The zero-order chi connectivity index (χ0) is 18.5. The van der Waals surface area contributed by atoms with E-state index in [2.05, 4.69) is 23.2 Å². The van der Waals surface area contributed by atoms with E-state index in [4.69, 9.17) is 11.6 Å². The molecule has 1 heterocycles. The summed E-state index contributed by atoms with van der Waals surface area (Å²) in [7, 11) is 0. The molecule has 2 aromatic rings. The van der Waals surface area contributed by atoms with Gasteiger partial charge >= 0.3 is 0 Å². The standard InChI is InChI=1S/C20H20ClN3OS/c1-3-18-19(25)24(13-16-7-5-4-6-14(16)2)20(26-18)23-22-12-15-8-10-17(21)11-9-15/h4-12,18H,3,13H2,1-2H3/b22-12-,23-20+/t18-/m1/s1.